The second-order valence-corrected chi connectivity index (χ2v) is 14.8. The molecule has 4 N–H and O–H groups in total. The summed E-state index contributed by atoms with van der Waals surface area (Å²) in [5.74, 6) is -2.84. The molecule has 15 nitrogen and oxygen atoms in total. The Morgan fingerprint density at radius 1 is 1.16 bits per heavy atom. The van der Waals surface area contributed by atoms with Crippen molar-refractivity contribution in [2.24, 2.45) is 34.5 Å². The van der Waals surface area contributed by atoms with E-state index in [1.807, 2.05) is 20.8 Å². The average Bonchev–Trinajstić information content (AvgIpc) is 3.86. The third kappa shape index (κ3) is 9.24. The predicted octanol–water partition coefficient (Wildman–Crippen LogP) is 3.45. The Balaban J connectivity index is 1.69. The molecule has 0 radical (unpaired) electrons. The van der Waals surface area contributed by atoms with E-state index in [-0.39, 0.29) is 18.1 Å². The molecule has 49 heavy (non-hydrogen) atoms. The minimum Gasteiger partial charge on any atom is -0.458 e. The van der Waals surface area contributed by atoms with Crippen LogP contribution in [0.4, 0.5) is 4.79 Å². The van der Waals surface area contributed by atoms with Crippen LogP contribution in [0.25, 0.3) is 10.4 Å². The first-order valence-corrected chi connectivity index (χ1v) is 18.0. The Bertz CT molecular complexity index is 1200. The number of unbranched alkanes of at least 4 members (excludes halogenated alkanes) is 1. The lowest BCUT2D eigenvalue weighted by Gasteiger charge is -2.45. The van der Waals surface area contributed by atoms with Gasteiger partial charge in [-0.2, -0.15) is 0 Å². The smallest absolute Gasteiger partial charge is 0.410 e. The molecule has 3 saturated heterocycles. The number of rotatable bonds is 10. The lowest BCUT2D eigenvalue weighted by molar-refractivity contribution is -0.288. The average molecular weight is 695 g/mol. The van der Waals surface area contributed by atoms with Gasteiger partial charge in [0.2, 0.25) is 0 Å². The first-order valence-electron chi connectivity index (χ1n) is 18.0. The third-order valence-electron chi connectivity index (χ3n) is 10.8. The molecule has 3 unspecified atom stereocenters. The van der Waals surface area contributed by atoms with E-state index >= 15 is 0 Å². The van der Waals surface area contributed by atoms with E-state index in [1.54, 1.807) is 18.9 Å². The number of nitrogens with two attached hydrogens (primary N) is 1. The molecule has 4 fully saturated rings. The number of ether oxygens (including phenoxy) is 5. The number of nitrogens with zero attached hydrogens (tertiary/aromatic N) is 4. The number of nitrogens with one attached hydrogen (secondary N) is 1. The molecule has 3 aliphatic heterocycles. The predicted molar refractivity (Wildman–Crippen MR) is 179 cm³/mol. The van der Waals surface area contributed by atoms with Crippen LogP contribution < -0.4 is 11.1 Å². The first-order chi connectivity index (χ1) is 23.3. The summed E-state index contributed by atoms with van der Waals surface area (Å²) in [5.41, 5.74) is 13.8. The highest BCUT2D eigenvalue weighted by molar-refractivity contribution is 6.00. The molecule has 1 amide bonds. The zero-order valence-corrected chi connectivity index (χ0v) is 30.2. The SMILES string of the molecule is CC[C@H]1OC(=O)[C@H](C)C(=O)[C@H](C)[C@@H](O[C@@H]2OC(C)CC(N)C2O)[C@](C)(OC)C[C@@H](C)CN[C@H](C2CC2)[C@@H]2[C@@H]1OC(=O)N2CCCCN=[N+]=[N-]. The van der Waals surface area contributed by atoms with Crippen LogP contribution in [0.3, 0.4) is 0 Å². The number of hydrogen-bond acceptors (Lipinski definition) is 12. The lowest BCUT2D eigenvalue weighted by atomic mass is 9.78. The second-order valence-electron chi connectivity index (χ2n) is 14.8. The molecule has 0 aromatic rings. The normalized spacial score (nSPS) is 41.2. The zero-order valence-electron chi connectivity index (χ0n) is 30.2. The lowest BCUT2D eigenvalue weighted by Crippen LogP contribution is -2.58. The molecule has 15 heteroatoms. The van der Waals surface area contributed by atoms with Crippen molar-refractivity contribution in [3.8, 4) is 0 Å². The van der Waals surface area contributed by atoms with E-state index in [1.165, 1.54) is 6.92 Å². The van der Waals surface area contributed by atoms with Crippen LogP contribution in [0, 0.1) is 23.7 Å². The monoisotopic (exact) mass is 694 g/mol. The number of aliphatic hydroxyl groups is 1. The number of esters is 1. The second kappa shape index (κ2) is 17.1. The van der Waals surface area contributed by atoms with Crippen LogP contribution in [0.5, 0.6) is 0 Å². The summed E-state index contributed by atoms with van der Waals surface area (Å²) in [6, 6.07) is -1.13. The maximum atomic E-state index is 14.1. The molecule has 4 aliphatic rings. The number of methoxy groups -OCH3 is 1. The van der Waals surface area contributed by atoms with Gasteiger partial charge in [0.05, 0.1) is 23.9 Å². The van der Waals surface area contributed by atoms with E-state index in [2.05, 4.69) is 22.3 Å². The van der Waals surface area contributed by atoms with Gasteiger partial charge in [0.15, 0.2) is 18.2 Å². The number of amides is 1. The van der Waals surface area contributed by atoms with Crippen LogP contribution in [-0.4, -0.2) is 115 Å². The number of fused-ring (bicyclic) bond motifs is 1. The number of cyclic esters (lactones) is 1. The van der Waals surface area contributed by atoms with Gasteiger partial charge in [0.25, 0.3) is 0 Å². The summed E-state index contributed by atoms with van der Waals surface area (Å²) < 4.78 is 30.7. The van der Waals surface area contributed by atoms with E-state index in [0.717, 1.165) is 12.8 Å². The molecule has 13 atom stereocenters. The number of Topliss-reactive ketones (excluding diaryl/α,β-unsaturated/α-hetero) is 1. The van der Waals surface area contributed by atoms with Crippen molar-refractivity contribution in [2.45, 2.75) is 147 Å². The van der Waals surface area contributed by atoms with Gasteiger partial charge in [-0.25, -0.2) is 4.79 Å². The van der Waals surface area contributed by atoms with Gasteiger partial charge in [-0.1, -0.05) is 25.9 Å². The molecule has 1 saturated carbocycles. The summed E-state index contributed by atoms with van der Waals surface area (Å²) in [5, 5.41) is 18.3. The molecule has 0 aromatic carbocycles. The molecule has 278 valence electrons. The van der Waals surface area contributed by atoms with E-state index in [4.69, 9.17) is 34.9 Å². The first kappa shape index (κ1) is 39.3. The van der Waals surface area contributed by atoms with Crippen LogP contribution in [0.1, 0.15) is 86.5 Å². The molecular formula is C34H58N6O9. The molecule has 0 aromatic heterocycles. The van der Waals surface area contributed by atoms with Crippen molar-refractivity contribution in [2.75, 3.05) is 26.7 Å². The van der Waals surface area contributed by atoms with Gasteiger partial charge in [-0.05, 0) is 89.6 Å². The van der Waals surface area contributed by atoms with E-state index < -0.39 is 78.1 Å². The Hall–Kier alpha value is -2.52. The van der Waals surface area contributed by atoms with Crippen LogP contribution in [0.2, 0.25) is 0 Å². The van der Waals surface area contributed by atoms with E-state index in [0.29, 0.717) is 57.7 Å². The maximum absolute atomic E-state index is 14.1. The topological polar surface area (TPSA) is 208 Å². The number of azide groups is 1. The minimum atomic E-state index is -1.16. The molecule has 0 spiro atoms. The van der Waals surface area contributed by atoms with Crippen LogP contribution in [0.15, 0.2) is 5.11 Å². The van der Waals surface area contributed by atoms with Gasteiger partial charge in [-0.15, -0.1) is 0 Å². The van der Waals surface area contributed by atoms with E-state index in [9.17, 15) is 19.5 Å². The molecule has 4 rings (SSSR count). The Labute approximate surface area is 289 Å². The molecule has 3 heterocycles. The van der Waals surface area contributed by atoms with Gasteiger partial charge < -0.3 is 39.8 Å². The van der Waals surface area contributed by atoms with Crippen LogP contribution >= 0.6 is 0 Å². The molecule has 1 aliphatic carbocycles. The summed E-state index contributed by atoms with van der Waals surface area (Å²) in [6.45, 7) is 12.2. The van der Waals surface area contributed by atoms with Crippen molar-refractivity contribution >= 4 is 17.8 Å². The summed E-state index contributed by atoms with van der Waals surface area (Å²) in [7, 11) is 1.57. The largest absolute Gasteiger partial charge is 0.458 e. The molecular weight excluding hydrogens is 636 g/mol. The van der Waals surface area contributed by atoms with Gasteiger partial charge in [0.1, 0.15) is 18.1 Å². The Morgan fingerprint density at radius 2 is 1.88 bits per heavy atom. The minimum absolute atomic E-state index is 0.00847. The Kier molecular flexibility index (Phi) is 13.7. The fourth-order valence-electron chi connectivity index (χ4n) is 7.87. The van der Waals surface area contributed by atoms with Gasteiger partial charge >= 0.3 is 12.1 Å². The summed E-state index contributed by atoms with van der Waals surface area (Å²) >= 11 is 0. The molecule has 0 bridgehead atoms. The summed E-state index contributed by atoms with van der Waals surface area (Å²) in [4.78, 5) is 45.8. The van der Waals surface area contributed by atoms with Crippen molar-refractivity contribution in [3.05, 3.63) is 10.4 Å². The van der Waals surface area contributed by atoms with Crippen LogP contribution in [-0.2, 0) is 33.3 Å². The highest BCUT2D eigenvalue weighted by atomic mass is 16.7. The fraction of sp³-hybridized carbons (Fsp3) is 0.912. The highest BCUT2D eigenvalue weighted by Crippen LogP contribution is 2.41. The number of carbonyl (C=O) groups excluding carboxylic acids is 3. The zero-order chi connectivity index (χ0) is 36.0. The number of hydrogen-bond donors (Lipinski definition) is 3. The number of aliphatic hydroxyl groups excluding tert-OH is 1. The standard InChI is InChI=1S/C34H58N6O9/c1-8-24-29-26(40(33(44)48-29)14-10-9-13-38-39-36)25(22-11-12-22)37-17-18(2)16-34(6,45-7)30(20(4)27(41)21(5)31(43)47-24)49-32-28(42)23(35)15-19(3)46-32/h18-26,28-30,32,37,42H,8-17,35H2,1-7H3/t18-,19?,20+,21-,23?,24-,25-,26-,28?,29-,30-,32+,34-/m1/s1. The summed E-state index contributed by atoms with van der Waals surface area (Å²) in [6.07, 6.45) is -0.895. The van der Waals surface area contributed by atoms with Crippen molar-refractivity contribution < 1.29 is 43.2 Å². The number of ketones is 1. The van der Waals surface area contributed by atoms with Crippen molar-refractivity contribution in [3.63, 3.8) is 0 Å². The number of carbonyl (C=O) groups is 3. The fourth-order valence-corrected chi connectivity index (χ4v) is 7.87. The quantitative estimate of drug-likeness (QED) is 0.0754. The van der Waals surface area contributed by atoms with Crippen molar-refractivity contribution in [1.82, 2.24) is 10.2 Å². The van der Waals surface area contributed by atoms with Gasteiger partial charge in [-0.3, -0.25) is 14.5 Å². The Morgan fingerprint density at radius 3 is 2.51 bits per heavy atom. The van der Waals surface area contributed by atoms with Crippen molar-refractivity contribution in [1.29, 1.82) is 0 Å². The maximum Gasteiger partial charge on any atom is 0.410 e. The third-order valence-corrected chi connectivity index (χ3v) is 10.8. The highest BCUT2D eigenvalue weighted by Gasteiger charge is 2.54. The van der Waals surface area contributed by atoms with Gasteiger partial charge in [0, 0.05) is 43.1 Å².